The number of nitrogens with zero attached hydrogens (tertiary/aromatic N) is 2. The zero-order chi connectivity index (χ0) is 12.8. The van der Waals surface area contributed by atoms with E-state index in [2.05, 4.69) is 31.2 Å². The van der Waals surface area contributed by atoms with Gasteiger partial charge in [-0.25, -0.2) is 0 Å². The highest BCUT2D eigenvalue weighted by molar-refractivity contribution is 5.28. The molecule has 0 aliphatic carbocycles. The summed E-state index contributed by atoms with van der Waals surface area (Å²) in [6.45, 7) is 7.57. The Labute approximate surface area is 104 Å². The molecule has 4 heteroatoms. The molecule has 4 nitrogen and oxygen atoms in total. The summed E-state index contributed by atoms with van der Waals surface area (Å²) < 4.78 is 7.33. The van der Waals surface area contributed by atoms with Crippen molar-refractivity contribution in [1.82, 2.24) is 15.1 Å². The van der Waals surface area contributed by atoms with Gasteiger partial charge in [0.1, 0.15) is 0 Å². The molecule has 1 aromatic rings. The quantitative estimate of drug-likeness (QED) is 0.794. The minimum absolute atomic E-state index is 0.317. The third kappa shape index (κ3) is 3.00. The largest absolute Gasteiger partial charge is 0.493 e. The van der Waals surface area contributed by atoms with Crippen LogP contribution >= 0.6 is 0 Å². The van der Waals surface area contributed by atoms with Crippen molar-refractivity contribution in [2.45, 2.75) is 39.7 Å². The Balaban J connectivity index is 3.07. The Morgan fingerprint density at radius 3 is 2.47 bits per heavy atom. The van der Waals surface area contributed by atoms with E-state index < -0.39 is 0 Å². The summed E-state index contributed by atoms with van der Waals surface area (Å²) in [5.74, 6) is 1.49. The van der Waals surface area contributed by atoms with Crippen LogP contribution in [0, 0.1) is 5.92 Å². The molecule has 0 spiro atoms. The summed E-state index contributed by atoms with van der Waals surface area (Å²) in [7, 11) is 3.68. The summed E-state index contributed by atoms with van der Waals surface area (Å²) in [4.78, 5) is 0. The van der Waals surface area contributed by atoms with E-state index in [4.69, 9.17) is 4.74 Å². The number of methoxy groups -OCH3 is 1. The molecule has 1 N–H and O–H groups in total. The van der Waals surface area contributed by atoms with Crippen LogP contribution in [0.3, 0.4) is 0 Å². The second-order valence-corrected chi connectivity index (χ2v) is 4.33. The van der Waals surface area contributed by atoms with Crippen molar-refractivity contribution in [3.05, 3.63) is 11.9 Å². The van der Waals surface area contributed by atoms with Crippen LogP contribution in [-0.4, -0.2) is 23.4 Å². The maximum atomic E-state index is 5.41. The van der Waals surface area contributed by atoms with Crippen molar-refractivity contribution < 1.29 is 4.74 Å². The molecule has 1 atom stereocenters. The smallest absolute Gasteiger partial charge is 0.161 e. The van der Waals surface area contributed by atoms with E-state index >= 15 is 0 Å². The number of aromatic nitrogens is 2. The van der Waals surface area contributed by atoms with Crippen LogP contribution < -0.4 is 10.1 Å². The molecule has 98 valence electrons. The lowest BCUT2D eigenvalue weighted by atomic mass is 9.91. The van der Waals surface area contributed by atoms with Crippen molar-refractivity contribution in [2.75, 3.05) is 13.7 Å². The Hall–Kier alpha value is -1.03. The highest BCUT2D eigenvalue weighted by Gasteiger charge is 2.25. The molecule has 0 aliphatic rings. The van der Waals surface area contributed by atoms with Crippen LogP contribution in [0.1, 0.15) is 45.3 Å². The highest BCUT2D eigenvalue weighted by Crippen LogP contribution is 2.32. The number of ether oxygens (including phenoxy) is 1. The third-order valence-corrected chi connectivity index (χ3v) is 3.41. The fourth-order valence-electron chi connectivity index (χ4n) is 2.41. The fourth-order valence-corrected chi connectivity index (χ4v) is 2.41. The minimum atomic E-state index is 0.317. The number of rotatable bonds is 7. The maximum absolute atomic E-state index is 5.41. The molecule has 17 heavy (non-hydrogen) atoms. The predicted octanol–water partition coefficient (Wildman–Crippen LogP) is 2.52. The lowest BCUT2D eigenvalue weighted by molar-refractivity contribution is 0.316. The molecule has 0 aromatic carbocycles. The normalized spacial score (nSPS) is 13.1. The molecule has 0 fully saturated rings. The van der Waals surface area contributed by atoms with E-state index in [0.717, 1.165) is 30.8 Å². The monoisotopic (exact) mass is 239 g/mol. The van der Waals surface area contributed by atoms with Gasteiger partial charge in [-0.3, -0.25) is 4.68 Å². The molecule has 1 aromatic heterocycles. The van der Waals surface area contributed by atoms with Crippen LogP contribution in [0.4, 0.5) is 0 Å². The Bertz CT molecular complexity index is 331. The highest BCUT2D eigenvalue weighted by atomic mass is 16.5. The van der Waals surface area contributed by atoms with Crippen molar-refractivity contribution in [3.63, 3.8) is 0 Å². The van der Waals surface area contributed by atoms with Gasteiger partial charge in [-0.05, 0) is 12.5 Å². The lowest BCUT2D eigenvalue weighted by Crippen LogP contribution is -2.30. The van der Waals surface area contributed by atoms with Gasteiger partial charge < -0.3 is 10.1 Å². The molecule has 1 unspecified atom stereocenters. The second-order valence-electron chi connectivity index (χ2n) is 4.33. The van der Waals surface area contributed by atoms with Crippen molar-refractivity contribution in [2.24, 2.45) is 13.0 Å². The van der Waals surface area contributed by atoms with Gasteiger partial charge >= 0.3 is 0 Å². The third-order valence-electron chi connectivity index (χ3n) is 3.41. The van der Waals surface area contributed by atoms with E-state index in [9.17, 15) is 0 Å². The van der Waals surface area contributed by atoms with Crippen molar-refractivity contribution >= 4 is 0 Å². The van der Waals surface area contributed by atoms with Crippen LogP contribution in [0.5, 0.6) is 5.75 Å². The van der Waals surface area contributed by atoms with Gasteiger partial charge in [0.2, 0.25) is 0 Å². The molecular weight excluding hydrogens is 214 g/mol. The van der Waals surface area contributed by atoms with E-state index in [1.54, 1.807) is 13.3 Å². The van der Waals surface area contributed by atoms with Crippen molar-refractivity contribution in [3.8, 4) is 5.75 Å². The fraction of sp³-hybridized carbons (Fsp3) is 0.769. The number of hydrogen-bond acceptors (Lipinski definition) is 3. The zero-order valence-corrected chi connectivity index (χ0v) is 11.7. The number of hydrogen-bond donors (Lipinski definition) is 1. The molecule has 0 bridgehead atoms. The summed E-state index contributed by atoms with van der Waals surface area (Å²) in [5.41, 5.74) is 1.16. The first-order valence-electron chi connectivity index (χ1n) is 6.48. The van der Waals surface area contributed by atoms with Gasteiger partial charge in [0.25, 0.3) is 0 Å². The molecule has 0 amide bonds. The van der Waals surface area contributed by atoms with E-state index in [0.29, 0.717) is 12.0 Å². The molecule has 1 heterocycles. The van der Waals surface area contributed by atoms with Crippen molar-refractivity contribution in [1.29, 1.82) is 0 Å². The average molecular weight is 239 g/mol. The Kier molecular flexibility index (Phi) is 5.48. The van der Waals surface area contributed by atoms with Crippen LogP contribution in [-0.2, 0) is 7.05 Å². The summed E-state index contributed by atoms with van der Waals surface area (Å²) in [5, 5.41) is 7.85. The first-order valence-corrected chi connectivity index (χ1v) is 6.48. The van der Waals surface area contributed by atoms with Gasteiger partial charge in [0, 0.05) is 7.05 Å². The predicted molar refractivity (Wildman–Crippen MR) is 70.2 cm³/mol. The maximum Gasteiger partial charge on any atom is 0.161 e. The zero-order valence-electron chi connectivity index (χ0n) is 11.7. The number of aryl methyl sites for hydroxylation is 1. The van der Waals surface area contributed by atoms with Crippen LogP contribution in [0.15, 0.2) is 6.20 Å². The van der Waals surface area contributed by atoms with Gasteiger partial charge in [-0.2, -0.15) is 5.10 Å². The molecular formula is C13H25N3O. The molecule has 0 radical (unpaired) electrons. The molecule has 0 saturated carbocycles. The first kappa shape index (κ1) is 14.0. The number of nitrogens with one attached hydrogen (secondary N) is 1. The molecule has 1 rings (SSSR count). The topological polar surface area (TPSA) is 39.1 Å². The Morgan fingerprint density at radius 2 is 2.00 bits per heavy atom. The average Bonchev–Trinajstić information content (AvgIpc) is 2.70. The van der Waals surface area contributed by atoms with E-state index in [1.165, 1.54) is 0 Å². The van der Waals surface area contributed by atoms with Gasteiger partial charge in [-0.1, -0.05) is 33.6 Å². The van der Waals surface area contributed by atoms with Crippen LogP contribution in [0.2, 0.25) is 0 Å². The summed E-state index contributed by atoms with van der Waals surface area (Å²) in [6.07, 6.45) is 4.10. The van der Waals surface area contributed by atoms with Gasteiger partial charge in [0.05, 0.1) is 25.0 Å². The van der Waals surface area contributed by atoms with E-state index in [-0.39, 0.29) is 0 Å². The minimum Gasteiger partial charge on any atom is -0.493 e. The SMILES string of the molecule is CCNC(c1c(OC)cnn1C)C(CC)CC. The lowest BCUT2D eigenvalue weighted by Gasteiger charge is -2.27. The molecule has 0 saturated heterocycles. The standard InChI is InChI=1S/C13H25N3O/c1-6-10(7-2)12(14-8-3)13-11(17-5)9-15-16(13)4/h9-10,12,14H,6-8H2,1-5H3. The van der Waals surface area contributed by atoms with Gasteiger partial charge in [-0.15, -0.1) is 0 Å². The summed E-state index contributed by atoms with van der Waals surface area (Å²) in [6, 6.07) is 0.317. The molecule has 0 aliphatic heterocycles. The second kappa shape index (κ2) is 6.64. The Morgan fingerprint density at radius 1 is 1.35 bits per heavy atom. The first-order chi connectivity index (χ1) is 8.19. The van der Waals surface area contributed by atoms with E-state index in [1.807, 2.05) is 11.7 Å². The summed E-state index contributed by atoms with van der Waals surface area (Å²) >= 11 is 0. The van der Waals surface area contributed by atoms with Crippen LogP contribution in [0.25, 0.3) is 0 Å². The van der Waals surface area contributed by atoms with Gasteiger partial charge in [0.15, 0.2) is 5.75 Å².